The van der Waals surface area contributed by atoms with Gasteiger partial charge in [-0.2, -0.15) is 0 Å². The minimum Gasteiger partial charge on any atom is -0.374 e. The molecular formula is C11H18N2OS. The quantitative estimate of drug-likeness (QED) is 0.778. The highest BCUT2D eigenvalue weighted by atomic mass is 32.1. The Morgan fingerprint density at radius 3 is 3.20 bits per heavy atom. The molecule has 0 saturated carbocycles. The Hall–Kier alpha value is -0.450. The second-order valence-electron chi connectivity index (χ2n) is 4.03. The second kappa shape index (κ2) is 5.58. The summed E-state index contributed by atoms with van der Waals surface area (Å²) in [6.45, 7) is 4.13. The van der Waals surface area contributed by atoms with Crippen LogP contribution in [-0.2, 0) is 11.2 Å². The van der Waals surface area contributed by atoms with Crippen LogP contribution in [0.3, 0.4) is 0 Å². The van der Waals surface area contributed by atoms with Gasteiger partial charge < -0.3 is 10.1 Å². The normalized spacial score (nSPS) is 25.9. The number of ether oxygens (including phenoxy) is 1. The minimum absolute atomic E-state index is 0.427. The van der Waals surface area contributed by atoms with Gasteiger partial charge in [-0.25, -0.2) is 4.98 Å². The van der Waals surface area contributed by atoms with Crippen molar-refractivity contribution in [1.82, 2.24) is 10.3 Å². The summed E-state index contributed by atoms with van der Waals surface area (Å²) < 4.78 is 5.72. The van der Waals surface area contributed by atoms with Crippen LogP contribution in [0.2, 0.25) is 0 Å². The molecule has 1 aromatic heterocycles. The molecule has 15 heavy (non-hydrogen) atoms. The van der Waals surface area contributed by atoms with E-state index in [2.05, 4.69) is 17.2 Å². The Bertz CT molecular complexity index is 276. The van der Waals surface area contributed by atoms with Gasteiger partial charge in [-0.15, -0.1) is 11.3 Å². The van der Waals surface area contributed by atoms with E-state index in [4.69, 9.17) is 4.74 Å². The fourth-order valence-electron chi connectivity index (χ4n) is 1.87. The molecule has 1 aliphatic heterocycles. The highest BCUT2D eigenvalue weighted by Crippen LogP contribution is 2.18. The molecular weight excluding hydrogens is 208 g/mol. The molecule has 0 amide bonds. The van der Waals surface area contributed by atoms with E-state index in [-0.39, 0.29) is 0 Å². The first-order valence-electron chi connectivity index (χ1n) is 5.59. The third kappa shape index (κ3) is 3.55. The van der Waals surface area contributed by atoms with E-state index in [0.717, 1.165) is 19.5 Å². The highest BCUT2D eigenvalue weighted by molar-refractivity contribution is 7.09. The van der Waals surface area contributed by atoms with Crippen LogP contribution in [0.15, 0.2) is 11.6 Å². The van der Waals surface area contributed by atoms with E-state index in [9.17, 15) is 0 Å². The smallest absolute Gasteiger partial charge is 0.0937 e. The zero-order chi connectivity index (χ0) is 10.5. The van der Waals surface area contributed by atoms with Gasteiger partial charge in [0.2, 0.25) is 0 Å². The summed E-state index contributed by atoms with van der Waals surface area (Å²) in [7, 11) is 0. The minimum atomic E-state index is 0.427. The molecule has 0 radical (unpaired) electrons. The summed E-state index contributed by atoms with van der Waals surface area (Å²) >= 11 is 1.72. The van der Waals surface area contributed by atoms with E-state index in [0.29, 0.717) is 12.2 Å². The summed E-state index contributed by atoms with van der Waals surface area (Å²) in [5.41, 5.74) is 0. The molecule has 1 fully saturated rings. The van der Waals surface area contributed by atoms with Crippen LogP contribution in [0.1, 0.15) is 24.8 Å². The highest BCUT2D eigenvalue weighted by Gasteiger charge is 2.20. The van der Waals surface area contributed by atoms with Gasteiger partial charge in [-0.3, -0.25) is 0 Å². The average molecular weight is 226 g/mol. The Balaban J connectivity index is 1.55. The first-order chi connectivity index (χ1) is 7.34. The van der Waals surface area contributed by atoms with Gasteiger partial charge in [0.05, 0.1) is 17.2 Å². The van der Waals surface area contributed by atoms with Gasteiger partial charge in [0.1, 0.15) is 0 Å². The van der Waals surface area contributed by atoms with Crippen LogP contribution < -0.4 is 5.32 Å². The van der Waals surface area contributed by atoms with Crippen LogP contribution in [0, 0.1) is 0 Å². The number of nitrogens with zero attached hydrogens (tertiary/aromatic N) is 1. The number of thiazole rings is 1. The lowest BCUT2D eigenvalue weighted by Gasteiger charge is -2.11. The van der Waals surface area contributed by atoms with Crippen molar-refractivity contribution in [3.05, 3.63) is 16.6 Å². The van der Waals surface area contributed by atoms with Gasteiger partial charge in [0.15, 0.2) is 0 Å². The molecule has 2 atom stereocenters. The van der Waals surface area contributed by atoms with Gasteiger partial charge in [-0.05, 0) is 19.8 Å². The van der Waals surface area contributed by atoms with Gasteiger partial charge in [0.25, 0.3) is 0 Å². The lowest BCUT2D eigenvalue weighted by molar-refractivity contribution is 0.0562. The van der Waals surface area contributed by atoms with Crippen molar-refractivity contribution < 1.29 is 4.74 Å². The maximum atomic E-state index is 5.72. The zero-order valence-corrected chi connectivity index (χ0v) is 9.93. The fraction of sp³-hybridized carbons (Fsp3) is 0.727. The molecule has 1 aliphatic rings. The maximum absolute atomic E-state index is 5.72. The van der Waals surface area contributed by atoms with E-state index < -0.39 is 0 Å². The lowest BCUT2D eigenvalue weighted by Crippen LogP contribution is -2.28. The van der Waals surface area contributed by atoms with E-state index in [1.54, 1.807) is 11.3 Å². The first-order valence-corrected chi connectivity index (χ1v) is 6.47. The topological polar surface area (TPSA) is 34.2 Å². The standard InChI is InChI=1S/C11H18N2OS/c1-9-2-3-10(14-9)8-12-5-4-11-13-6-7-15-11/h6-7,9-10,12H,2-5,8H2,1H3. The van der Waals surface area contributed by atoms with E-state index >= 15 is 0 Å². The van der Waals surface area contributed by atoms with Crippen LogP contribution >= 0.6 is 11.3 Å². The van der Waals surface area contributed by atoms with Crippen molar-refractivity contribution in [2.45, 2.75) is 38.4 Å². The molecule has 0 spiro atoms. The Morgan fingerprint density at radius 2 is 2.53 bits per heavy atom. The summed E-state index contributed by atoms with van der Waals surface area (Å²) in [5, 5.41) is 6.66. The predicted octanol–water partition coefficient (Wildman–Crippen LogP) is 1.84. The van der Waals surface area contributed by atoms with Crippen LogP contribution in [-0.4, -0.2) is 30.3 Å². The molecule has 0 bridgehead atoms. The first kappa shape index (κ1) is 11.0. The van der Waals surface area contributed by atoms with Crippen LogP contribution in [0.5, 0.6) is 0 Å². The molecule has 4 heteroatoms. The third-order valence-corrected chi connectivity index (χ3v) is 3.53. The monoisotopic (exact) mass is 226 g/mol. The average Bonchev–Trinajstić information content (AvgIpc) is 2.84. The van der Waals surface area contributed by atoms with Crippen molar-refractivity contribution in [1.29, 1.82) is 0 Å². The molecule has 2 rings (SSSR count). The second-order valence-corrected chi connectivity index (χ2v) is 5.01. The Labute approximate surface area is 94.9 Å². The predicted molar refractivity (Wildman–Crippen MR) is 62.3 cm³/mol. The van der Waals surface area contributed by atoms with E-state index in [1.165, 1.54) is 17.8 Å². The number of hydrogen-bond donors (Lipinski definition) is 1. The lowest BCUT2D eigenvalue weighted by atomic mass is 10.2. The number of hydrogen-bond acceptors (Lipinski definition) is 4. The van der Waals surface area contributed by atoms with Crippen molar-refractivity contribution in [3.8, 4) is 0 Å². The fourth-order valence-corrected chi connectivity index (χ4v) is 2.49. The molecule has 84 valence electrons. The molecule has 1 N–H and O–H groups in total. The molecule has 0 aliphatic carbocycles. The Kier molecular flexibility index (Phi) is 4.11. The van der Waals surface area contributed by atoms with Crippen molar-refractivity contribution in [2.24, 2.45) is 0 Å². The van der Waals surface area contributed by atoms with Gasteiger partial charge in [0, 0.05) is 31.1 Å². The van der Waals surface area contributed by atoms with Crippen molar-refractivity contribution >= 4 is 11.3 Å². The van der Waals surface area contributed by atoms with Crippen LogP contribution in [0.4, 0.5) is 0 Å². The van der Waals surface area contributed by atoms with Crippen molar-refractivity contribution in [2.75, 3.05) is 13.1 Å². The molecule has 3 nitrogen and oxygen atoms in total. The summed E-state index contributed by atoms with van der Waals surface area (Å²) in [6, 6.07) is 0. The van der Waals surface area contributed by atoms with Gasteiger partial charge in [-0.1, -0.05) is 0 Å². The zero-order valence-electron chi connectivity index (χ0n) is 9.11. The number of rotatable bonds is 5. The number of aromatic nitrogens is 1. The van der Waals surface area contributed by atoms with Gasteiger partial charge >= 0.3 is 0 Å². The molecule has 1 saturated heterocycles. The summed E-state index contributed by atoms with van der Waals surface area (Å²) in [5.74, 6) is 0. The van der Waals surface area contributed by atoms with E-state index in [1.807, 2.05) is 11.6 Å². The van der Waals surface area contributed by atoms with Crippen molar-refractivity contribution in [3.63, 3.8) is 0 Å². The molecule has 2 heterocycles. The summed E-state index contributed by atoms with van der Waals surface area (Å²) in [4.78, 5) is 4.24. The number of nitrogens with one attached hydrogen (secondary N) is 1. The molecule has 1 aromatic rings. The summed E-state index contributed by atoms with van der Waals surface area (Å²) in [6.07, 6.45) is 6.18. The Morgan fingerprint density at radius 1 is 1.60 bits per heavy atom. The largest absolute Gasteiger partial charge is 0.374 e. The maximum Gasteiger partial charge on any atom is 0.0937 e. The third-order valence-electron chi connectivity index (χ3n) is 2.69. The molecule has 2 unspecified atom stereocenters. The van der Waals surface area contributed by atoms with Crippen LogP contribution in [0.25, 0.3) is 0 Å². The SMILES string of the molecule is CC1CCC(CNCCc2nccs2)O1. The molecule has 0 aromatic carbocycles.